The van der Waals surface area contributed by atoms with Crippen LogP contribution in [-0.4, -0.2) is 37.1 Å². The van der Waals surface area contributed by atoms with Crippen LogP contribution in [0.2, 0.25) is 0 Å². The van der Waals surface area contributed by atoms with Gasteiger partial charge in [-0.2, -0.15) is 5.26 Å². The van der Waals surface area contributed by atoms with Crippen LogP contribution in [-0.2, 0) is 9.53 Å². The number of ether oxygens (including phenoxy) is 1. The van der Waals surface area contributed by atoms with Gasteiger partial charge in [-0.25, -0.2) is 0 Å². The molecule has 4 heteroatoms. The van der Waals surface area contributed by atoms with Crippen LogP contribution in [0.15, 0.2) is 0 Å². The Morgan fingerprint density at radius 3 is 3.00 bits per heavy atom. The summed E-state index contributed by atoms with van der Waals surface area (Å²) in [5.41, 5.74) is 0. The number of carbonyl (C=O) groups is 1. The van der Waals surface area contributed by atoms with Crippen LogP contribution >= 0.6 is 0 Å². The highest BCUT2D eigenvalue weighted by atomic mass is 16.5. The molecule has 1 heterocycles. The van der Waals surface area contributed by atoms with Crippen LogP contribution in [0.5, 0.6) is 0 Å². The Hall–Kier alpha value is -1.08. The van der Waals surface area contributed by atoms with Crippen molar-refractivity contribution >= 4 is 5.91 Å². The Labute approximate surface area is 84.4 Å². The van der Waals surface area contributed by atoms with E-state index in [-0.39, 0.29) is 18.4 Å². The van der Waals surface area contributed by atoms with Gasteiger partial charge in [-0.3, -0.25) is 4.79 Å². The summed E-state index contributed by atoms with van der Waals surface area (Å²) in [6, 6.07) is 1.85. The van der Waals surface area contributed by atoms with E-state index in [2.05, 4.69) is 0 Å². The Morgan fingerprint density at radius 1 is 1.64 bits per heavy atom. The van der Waals surface area contributed by atoms with E-state index < -0.39 is 0 Å². The zero-order valence-electron chi connectivity index (χ0n) is 8.53. The predicted molar refractivity (Wildman–Crippen MR) is 51.5 cm³/mol. The Bertz CT molecular complexity index is 229. The molecule has 0 radical (unpaired) electrons. The zero-order chi connectivity index (χ0) is 10.4. The summed E-state index contributed by atoms with van der Waals surface area (Å²) in [5.74, 6) is -0.123. The topological polar surface area (TPSA) is 53.3 Å². The SMILES string of the molecule is CN(CC1CCCCO1)C(=O)CC#N. The van der Waals surface area contributed by atoms with Crippen LogP contribution in [0.3, 0.4) is 0 Å². The van der Waals surface area contributed by atoms with Crippen molar-refractivity contribution in [2.75, 3.05) is 20.2 Å². The molecule has 0 bridgehead atoms. The third kappa shape index (κ3) is 3.35. The van der Waals surface area contributed by atoms with Crippen molar-refractivity contribution in [1.82, 2.24) is 4.90 Å². The van der Waals surface area contributed by atoms with E-state index >= 15 is 0 Å². The average molecular weight is 196 g/mol. The lowest BCUT2D eigenvalue weighted by molar-refractivity contribution is -0.131. The normalized spacial score (nSPS) is 21.3. The smallest absolute Gasteiger partial charge is 0.236 e. The summed E-state index contributed by atoms with van der Waals surface area (Å²) in [4.78, 5) is 12.8. The van der Waals surface area contributed by atoms with Crippen LogP contribution < -0.4 is 0 Å². The Morgan fingerprint density at radius 2 is 2.43 bits per heavy atom. The molecule has 1 aliphatic rings. The molecule has 4 nitrogen and oxygen atoms in total. The maximum atomic E-state index is 11.3. The minimum Gasteiger partial charge on any atom is -0.376 e. The predicted octanol–water partition coefficient (Wildman–Crippen LogP) is 0.928. The van der Waals surface area contributed by atoms with Gasteiger partial charge in [0.15, 0.2) is 0 Å². The molecule has 1 atom stereocenters. The molecule has 1 saturated heterocycles. The van der Waals surface area contributed by atoms with Crippen molar-refractivity contribution < 1.29 is 9.53 Å². The summed E-state index contributed by atoms with van der Waals surface area (Å²) < 4.78 is 5.50. The van der Waals surface area contributed by atoms with E-state index in [9.17, 15) is 4.79 Å². The lowest BCUT2D eigenvalue weighted by Gasteiger charge is -2.27. The van der Waals surface area contributed by atoms with Crippen LogP contribution in [0.1, 0.15) is 25.7 Å². The van der Waals surface area contributed by atoms with Crippen LogP contribution in [0, 0.1) is 11.3 Å². The highest BCUT2D eigenvalue weighted by Gasteiger charge is 2.18. The molecule has 1 aliphatic heterocycles. The fourth-order valence-electron chi connectivity index (χ4n) is 1.56. The minimum absolute atomic E-state index is 0.0385. The van der Waals surface area contributed by atoms with Crippen molar-refractivity contribution in [3.8, 4) is 6.07 Å². The highest BCUT2D eigenvalue weighted by Crippen LogP contribution is 2.13. The van der Waals surface area contributed by atoms with Crippen molar-refractivity contribution in [1.29, 1.82) is 5.26 Å². The average Bonchev–Trinajstić information content (AvgIpc) is 2.19. The van der Waals surface area contributed by atoms with Gasteiger partial charge < -0.3 is 9.64 Å². The molecule has 1 rings (SSSR count). The van der Waals surface area contributed by atoms with E-state index in [1.54, 1.807) is 11.9 Å². The first-order chi connectivity index (χ1) is 6.74. The molecule has 1 amide bonds. The molecule has 0 saturated carbocycles. The van der Waals surface area contributed by atoms with Gasteiger partial charge >= 0.3 is 0 Å². The van der Waals surface area contributed by atoms with Crippen LogP contribution in [0.25, 0.3) is 0 Å². The maximum absolute atomic E-state index is 11.3. The standard InChI is InChI=1S/C10H16N2O2/c1-12(10(13)5-6-11)8-9-4-2-3-7-14-9/h9H,2-5,7-8H2,1H3. The number of amides is 1. The Balaban J connectivity index is 2.28. The highest BCUT2D eigenvalue weighted by molar-refractivity contribution is 5.77. The lowest BCUT2D eigenvalue weighted by atomic mass is 10.1. The first kappa shape index (κ1) is 11.0. The van der Waals surface area contributed by atoms with E-state index in [0.29, 0.717) is 6.54 Å². The second-order valence-corrected chi connectivity index (χ2v) is 3.60. The number of hydrogen-bond acceptors (Lipinski definition) is 3. The fourth-order valence-corrected chi connectivity index (χ4v) is 1.56. The molecular formula is C10H16N2O2. The van der Waals surface area contributed by atoms with Crippen molar-refractivity contribution in [3.05, 3.63) is 0 Å². The van der Waals surface area contributed by atoms with Gasteiger partial charge in [0.25, 0.3) is 0 Å². The molecule has 0 aromatic rings. The zero-order valence-corrected chi connectivity index (χ0v) is 8.53. The first-order valence-corrected chi connectivity index (χ1v) is 4.96. The number of nitrogens with zero attached hydrogens (tertiary/aromatic N) is 2. The summed E-state index contributed by atoms with van der Waals surface area (Å²) in [7, 11) is 1.72. The van der Waals surface area contributed by atoms with Gasteiger partial charge in [0.1, 0.15) is 6.42 Å². The number of rotatable bonds is 3. The number of likely N-dealkylation sites (N-methyl/N-ethyl adjacent to an activating group) is 1. The second kappa shape index (κ2) is 5.61. The molecule has 14 heavy (non-hydrogen) atoms. The molecule has 1 fully saturated rings. The fraction of sp³-hybridized carbons (Fsp3) is 0.800. The van der Waals surface area contributed by atoms with Crippen molar-refractivity contribution in [2.24, 2.45) is 0 Å². The summed E-state index contributed by atoms with van der Waals surface area (Å²) in [6.45, 7) is 1.41. The molecule has 0 aromatic heterocycles. The number of hydrogen-bond donors (Lipinski definition) is 0. The van der Waals surface area contributed by atoms with Gasteiger partial charge in [0.05, 0.1) is 12.2 Å². The number of carbonyl (C=O) groups excluding carboxylic acids is 1. The molecule has 0 spiro atoms. The molecule has 0 aromatic carbocycles. The second-order valence-electron chi connectivity index (χ2n) is 3.60. The first-order valence-electron chi connectivity index (χ1n) is 4.96. The van der Waals surface area contributed by atoms with E-state index in [1.165, 1.54) is 6.42 Å². The van der Waals surface area contributed by atoms with Gasteiger partial charge in [0, 0.05) is 20.2 Å². The minimum atomic E-state index is -0.123. The maximum Gasteiger partial charge on any atom is 0.236 e. The summed E-state index contributed by atoms with van der Waals surface area (Å²) in [6.07, 6.45) is 3.43. The van der Waals surface area contributed by atoms with Crippen LogP contribution in [0.4, 0.5) is 0 Å². The van der Waals surface area contributed by atoms with Gasteiger partial charge in [-0.05, 0) is 19.3 Å². The largest absolute Gasteiger partial charge is 0.376 e. The third-order valence-electron chi connectivity index (χ3n) is 2.41. The molecule has 0 N–H and O–H groups in total. The van der Waals surface area contributed by atoms with E-state index in [4.69, 9.17) is 10.00 Å². The van der Waals surface area contributed by atoms with Crippen molar-refractivity contribution in [2.45, 2.75) is 31.8 Å². The van der Waals surface area contributed by atoms with E-state index in [1.807, 2.05) is 6.07 Å². The molecule has 0 aliphatic carbocycles. The monoisotopic (exact) mass is 196 g/mol. The lowest BCUT2D eigenvalue weighted by Crippen LogP contribution is -2.36. The third-order valence-corrected chi connectivity index (χ3v) is 2.41. The Kier molecular flexibility index (Phi) is 4.41. The summed E-state index contributed by atoms with van der Waals surface area (Å²) in [5, 5.41) is 8.36. The van der Waals surface area contributed by atoms with Gasteiger partial charge in [-0.1, -0.05) is 0 Å². The van der Waals surface area contributed by atoms with Gasteiger partial charge in [0.2, 0.25) is 5.91 Å². The molecule has 1 unspecified atom stereocenters. The van der Waals surface area contributed by atoms with Crippen molar-refractivity contribution in [3.63, 3.8) is 0 Å². The number of nitriles is 1. The van der Waals surface area contributed by atoms with E-state index in [0.717, 1.165) is 19.4 Å². The molecule has 78 valence electrons. The summed E-state index contributed by atoms with van der Waals surface area (Å²) >= 11 is 0. The van der Waals surface area contributed by atoms with Gasteiger partial charge in [-0.15, -0.1) is 0 Å². The quantitative estimate of drug-likeness (QED) is 0.674. The molecular weight excluding hydrogens is 180 g/mol.